The zero-order chi connectivity index (χ0) is 58.4. The highest BCUT2D eigenvalue weighted by Gasteiger charge is 2.27. The molecule has 0 aliphatic rings. The lowest BCUT2D eigenvalue weighted by molar-refractivity contribution is -0.870. The van der Waals surface area contributed by atoms with Crippen LogP contribution in [0.3, 0.4) is 0 Å². The fourth-order valence-electron chi connectivity index (χ4n) is 8.31. The van der Waals surface area contributed by atoms with Crippen molar-refractivity contribution in [1.82, 2.24) is 0 Å². The van der Waals surface area contributed by atoms with Gasteiger partial charge in [-0.2, -0.15) is 0 Å². The van der Waals surface area contributed by atoms with Crippen LogP contribution in [0.5, 0.6) is 0 Å². The summed E-state index contributed by atoms with van der Waals surface area (Å²) in [5.74, 6) is -0.812. The number of esters is 2. The fourth-order valence-corrected chi connectivity index (χ4v) is 9.06. The highest BCUT2D eigenvalue weighted by molar-refractivity contribution is 7.47. The van der Waals surface area contributed by atoms with E-state index in [-0.39, 0.29) is 32.0 Å². The number of phosphoric acid groups is 1. The topological polar surface area (TPSA) is 108 Å². The average molecular weight is 1130 g/mol. The molecular formula is C70H119NO8P+. The molecule has 0 fully saturated rings. The van der Waals surface area contributed by atoms with Gasteiger partial charge in [0.15, 0.2) is 6.10 Å². The first kappa shape index (κ1) is 76.1. The zero-order valence-corrected chi connectivity index (χ0v) is 52.7. The third kappa shape index (κ3) is 63.3. The Morgan fingerprint density at radius 1 is 0.400 bits per heavy atom. The Hall–Kier alpha value is -3.85. The molecule has 2 unspecified atom stereocenters. The Balaban J connectivity index is 4.12. The number of phosphoric ester groups is 1. The summed E-state index contributed by atoms with van der Waals surface area (Å²) < 4.78 is 34.6. The molecule has 0 aromatic heterocycles. The first-order chi connectivity index (χ1) is 39.0. The van der Waals surface area contributed by atoms with Gasteiger partial charge in [-0.25, -0.2) is 4.57 Å². The highest BCUT2D eigenvalue weighted by Crippen LogP contribution is 2.43. The smallest absolute Gasteiger partial charge is 0.462 e. The normalized spacial score (nSPS) is 14.1. The van der Waals surface area contributed by atoms with Crippen molar-refractivity contribution in [3.05, 3.63) is 134 Å². The molecular weight excluding hydrogens is 1010 g/mol. The molecule has 0 heterocycles. The van der Waals surface area contributed by atoms with E-state index in [2.05, 4.69) is 148 Å². The molecule has 0 aliphatic carbocycles. The summed E-state index contributed by atoms with van der Waals surface area (Å²) in [6.45, 7) is 4.30. The summed E-state index contributed by atoms with van der Waals surface area (Å²) >= 11 is 0. The molecule has 0 spiro atoms. The number of ether oxygens (including phenoxy) is 2. The van der Waals surface area contributed by atoms with E-state index in [1.54, 1.807) is 0 Å². The van der Waals surface area contributed by atoms with Gasteiger partial charge in [0.05, 0.1) is 27.7 Å². The average Bonchev–Trinajstić information content (AvgIpc) is 3.42. The predicted octanol–water partition coefficient (Wildman–Crippen LogP) is 20.5. The summed E-state index contributed by atoms with van der Waals surface area (Å²) in [6.07, 6.45) is 86.8. The minimum absolute atomic E-state index is 0.0246. The first-order valence-corrected chi connectivity index (χ1v) is 33.4. The minimum Gasteiger partial charge on any atom is -0.462 e. The van der Waals surface area contributed by atoms with E-state index in [0.717, 1.165) is 116 Å². The Kier molecular flexibility index (Phi) is 56.9. The Labute approximate surface area is 491 Å². The lowest BCUT2D eigenvalue weighted by atomic mass is 10.0. The van der Waals surface area contributed by atoms with E-state index < -0.39 is 26.5 Å². The van der Waals surface area contributed by atoms with Crippen LogP contribution in [0, 0.1) is 0 Å². The van der Waals surface area contributed by atoms with Gasteiger partial charge in [-0.05, 0) is 96.3 Å². The summed E-state index contributed by atoms with van der Waals surface area (Å²) in [7, 11) is 1.46. The van der Waals surface area contributed by atoms with Crippen molar-refractivity contribution in [2.24, 2.45) is 0 Å². The molecule has 0 bridgehead atoms. The summed E-state index contributed by atoms with van der Waals surface area (Å²) in [4.78, 5) is 35.7. The number of carbonyl (C=O) groups excluding carboxylic acids is 2. The number of rotatable bonds is 57. The summed E-state index contributed by atoms with van der Waals surface area (Å²) in [5, 5.41) is 0. The molecule has 2 atom stereocenters. The molecule has 0 radical (unpaired) electrons. The number of carbonyl (C=O) groups is 2. The van der Waals surface area contributed by atoms with E-state index in [9.17, 15) is 19.0 Å². The minimum atomic E-state index is -4.40. The van der Waals surface area contributed by atoms with Crippen molar-refractivity contribution in [2.75, 3.05) is 47.5 Å². The third-order valence-corrected chi connectivity index (χ3v) is 14.2. The summed E-state index contributed by atoms with van der Waals surface area (Å²) in [5.41, 5.74) is 0. The monoisotopic (exact) mass is 1130 g/mol. The van der Waals surface area contributed by atoms with Gasteiger partial charge in [0.25, 0.3) is 0 Å². The number of quaternary nitrogens is 1. The Bertz CT molecular complexity index is 1810. The maximum absolute atomic E-state index is 12.8. The van der Waals surface area contributed by atoms with Crippen molar-refractivity contribution in [2.45, 2.75) is 251 Å². The van der Waals surface area contributed by atoms with Crippen LogP contribution in [0.2, 0.25) is 0 Å². The molecule has 0 aromatic rings. The number of likely N-dealkylation sites (N-methyl/N-ethyl adjacent to an activating group) is 1. The van der Waals surface area contributed by atoms with E-state index >= 15 is 0 Å². The highest BCUT2D eigenvalue weighted by atomic mass is 31.2. The van der Waals surface area contributed by atoms with Crippen LogP contribution in [-0.4, -0.2) is 74.9 Å². The SMILES string of the molecule is CC/C=C\C/C=C\C/C=C\C/C=C\C/C=C\C/C=C\C/C=C\C/C=C\C/C=C\C/C=C\C/C=C\CCCCCCCCCC(=O)OC(COC(=O)CCCCCCCCCCCCCCCCC)COP(=O)(O)OCC[N+](C)(C)C. The lowest BCUT2D eigenvalue weighted by Gasteiger charge is -2.24. The zero-order valence-electron chi connectivity index (χ0n) is 51.8. The van der Waals surface area contributed by atoms with Crippen LogP contribution in [0.4, 0.5) is 0 Å². The largest absolute Gasteiger partial charge is 0.472 e. The van der Waals surface area contributed by atoms with Crippen molar-refractivity contribution in [3.63, 3.8) is 0 Å². The quantitative estimate of drug-likeness (QED) is 0.0211. The Morgan fingerprint density at radius 2 is 0.713 bits per heavy atom. The second-order valence-corrected chi connectivity index (χ2v) is 23.5. The number of nitrogens with zero attached hydrogens (tertiary/aromatic N) is 1. The van der Waals surface area contributed by atoms with Gasteiger partial charge in [0.2, 0.25) is 0 Å². The van der Waals surface area contributed by atoms with Crippen LogP contribution in [0.15, 0.2) is 134 Å². The van der Waals surface area contributed by atoms with Gasteiger partial charge in [0, 0.05) is 12.8 Å². The van der Waals surface area contributed by atoms with Gasteiger partial charge >= 0.3 is 19.8 Å². The first-order valence-electron chi connectivity index (χ1n) is 31.9. The second-order valence-electron chi connectivity index (χ2n) is 22.1. The molecule has 10 heteroatoms. The standard InChI is InChI=1S/C70H118NO8P/c1-6-8-10-12-14-16-18-20-22-23-24-25-26-27-28-29-30-31-32-33-34-35-36-37-38-39-40-41-42-43-44-45-46-47-49-51-53-55-57-59-61-63-70(73)79-68(67-78-80(74,75)77-65-64-71(3,4)5)66-76-69(72)62-60-58-56-54-52-50-48-21-19-17-15-13-11-9-7-2/h8,10,14,16,20,22,24-25,27-28,30-31,33-34,36-37,39-40,42-43,45-46,68H,6-7,9,11-13,15,17-19,21,23,26,29,32,35,38,41,44,47-67H2,1-5H3/p+1/b10-8-,16-14-,22-20-,25-24-,28-27-,31-30-,34-33-,37-36-,40-39-,43-42-,46-45-. The van der Waals surface area contributed by atoms with Crippen LogP contribution in [-0.2, 0) is 32.7 Å². The fraction of sp³-hybridized carbons (Fsp3) is 0.657. The molecule has 456 valence electrons. The Morgan fingerprint density at radius 3 is 1.06 bits per heavy atom. The molecule has 0 saturated carbocycles. The van der Waals surface area contributed by atoms with Gasteiger partial charge in [-0.15, -0.1) is 0 Å². The number of allylic oxidation sites excluding steroid dienone is 22. The molecule has 0 rings (SSSR count). The molecule has 0 amide bonds. The molecule has 9 nitrogen and oxygen atoms in total. The van der Waals surface area contributed by atoms with Crippen LogP contribution >= 0.6 is 7.82 Å². The van der Waals surface area contributed by atoms with Crippen LogP contribution in [0.1, 0.15) is 245 Å². The molecule has 0 aromatic carbocycles. The molecule has 80 heavy (non-hydrogen) atoms. The van der Waals surface area contributed by atoms with Crippen LogP contribution < -0.4 is 0 Å². The number of hydrogen-bond acceptors (Lipinski definition) is 7. The third-order valence-electron chi connectivity index (χ3n) is 13.2. The van der Waals surface area contributed by atoms with Gasteiger partial charge in [-0.3, -0.25) is 18.6 Å². The van der Waals surface area contributed by atoms with E-state index in [1.807, 2.05) is 21.1 Å². The molecule has 0 aliphatic heterocycles. The number of hydrogen-bond donors (Lipinski definition) is 1. The lowest BCUT2D eigenvalue weighted by Crippen LogP contribution is -2.37. The van der Waals surface area contributed by atoms with E-state index in [4.69, 9.17) is 18.5 Å². The van der Waals surface area contributed by atoms with Crippen molar-refractivity contribution in [1.29, 1.82) is 0 Å². The van der Waals surface area contributed by atoms with Crippen molar-refractivity contribution < 1.29 is 42.1 Å². The molecule has 0 saturated heterocycles. The maximum Gasteiger partial charge on any atom is 0.472 e. The maximum atomic E-state index is 12.8. The van der Waals surface area contributed by atoms with Crippen molar-refractivity contribution >= 4 is 19.8 Å². The van der Waals surface area contributed by atoms with Gasteiger partial charge < -0.3 is 18.9 Å². The predicted molar refractivity (Wildman–Crippen MR) is 344 cm³/mol. The van der Waals surface area contributed by atoms with Gasteiger partial charge in [0.1, 0.15) is 19.8 Å². The van der Waals surface area contributed by atoms with Gasteiger partial charge in [-0.1, -0.05) is 270 Å². The summed E-state index contributed by atoms with van der Waals surface area (Å²) in [6, 6.07) is 0. The van der Waals surface area contributed by atoms with E-state index in [1.165, 1.54) is 96.3 Å². The second kappa shape index (κ2) is 59.8. The van der Waals surface area contributed by atoms with E-state index in [0.29, 0.717) is 17.4 Å². The van der Waals surface area contributed by atoms with Crippen LogP contribution in [0.25, 0.3) is 0 Å². The van der Waals surface area contributed by atoms with Crippen molar-refractivity contribution in [3.8, 4) is 0 Å². The molecule has 1 N–H and O–H groups in total. The number of unbranched alkanes of at least 4 members (excludes halogenated alkanes) is 21.